The number of hydrogen-bond donors (Lipinski definition) is 6. The topological polar surface area (TPSA) is 278 Å². The molecule has 1 aromatic heterocycles. The molecule has 0 amide bonds. The van der Waals surface area contributed by atoms with Gasteiger partial charge in [0.05, 0.1) is 55.4 Å². The van der Waals surface area contributed by atoms with Crippen molar-refractivity contribution in [3.05, 3.63) is 253 Å². The highest BCUT2D eigenvalue weighted by Crippen LogP contribution is 2.36. The van der Waals surface area contributed by atoms with E-state index in [4.69, 9.17) is 53.3 Å². The zero-order chi connectivity index (χ0) is 65.2. The first-order valence-electron chi connectivity index (χ1n) is 28.4. The zero-order valence-corrected chi connectivity index (χ0v) is 50.4. The minimum absolute atomic E-state index is 0.00255. The SMILES string of the molecule is COc1cc(Oc2ccc3c(=O)c4cc(C)cc(OCCN(C)C)c4oc3c2)ccc1OCc1ccc(CO)cc1.O=Cc1cc(O)ccc1OCc1ccc(CO)cc1.O=Cc1ccc(O)c(CO)c1.O=Cc1ccc(OCc2ccc(CO)cc2)c(C=O)c1. The molecule has 0 aliphatic rings. The van der Waals surface area contributed by atoms with Crippen LogP contribution in [0.5, 0.6) is 51.7 Å². The van der Waals surface area contributed by atoms with Crippen LogP contribution in [0.25, 0.3) is 21.9 Å². The Hall–Kier alpha value is -10.7. The number of methoxy groups -OCH3 is 1. The highest BCUT2D eigenvalue weighted by Gasteiger charge is 2.16. The summed E-state index contributed by atoms with van der Waals surface area (Å²) in [5, 5.41) is 55.0. The molecule has 0 saturated heterocycles. The number of phenolic OH excluding ortho intramolecular Hbond substituents is 1. The standard InChI is InChI=1S/C33H33NO7.C16H14O4.C15H14O4.C8H8O3/c1-21-15-27-32(36)26-11-9-24(17-29(26)41-33(27)31(16-21)38-14-13-34(2)3)40-25-10-12-28(30(18-25)37-4)39-20-23-7-5-22(19-35)6-8-23;17-8-12-1-3-13(4-2-12)11-20-16-6-5-14(9-18)7-15(16)10-19;16-8-11-1-3-12(4-2-11)10-19-15-6-5-14(18)7-13(15)9-17;9-4-6-1-2-8(11)7(3-6)5-10/h5-12,15-18,35H,13-14,19-20H2,1-4H3;1-7,9-10,17H,8,11H2;1-7,9,16,18H,8,10H2;1-4,10-11H,5H2. The van der Waals surface area contributed by atoms with Crippen LogP contribution in [0.2, 0.25) is 0 Å². The number of phenols is 2. The number of ether oxygens (including phenoxy) is 6. The van der Waals surface area contributed by atoms with Gasteiger partial charge in [0, 0.05) is 35.4 Å². The number of nitrogens with zero attached hydrogens (tertiary/aromatic N) is 1. The number of aliphatic hydroxyl groups is 4. The molecule has 0 fully saturated rings. The summed E-state index contributed by atoms with van der Waals surface area (Å²) in [6, 6.07) is 49.8. The van der Waals surface area contributed by atoms with Crippen LogP contribution in [0, 0.1) is 6.92 Å². The fraction of sp³-hybridized carbons (Fsp3) is 0.181. The van der Waals surface area contributed by atoms with Crippen molar-refractivity contribution >= 4 is 47.1 Å². The molecular formula is C72H69NO18. The lowest BCUT2D eigenvalue weighted by Crippen LogP contribution is -2.19. The Morgan fingerprint density at radius 1 is 0.462 bits per heavy atom. The minimum Gasteiger partial charge on any atom is -0.508 e. The number of aldehydes is 4. The van der Waals surface area contributed by atoms with Crippen molar-refractivity contribution in [2.24, 2.45) is 0 Å². The molecule has 10 aromatic rings. The number of likely N-dealkylation sites (N-methyl/N-ethyl adjacent to an activating group) is 1. The molecule has 1 heterocycles. The second-order valence-corrected chi connectivity index (χ2v) is 20.6. The Balaban J connectivity index is 0.000000195. The van der Waals surface area contributed by atoms with Gasteiger partial charge in [-0.25, -0.2) is 0 Å². The molecule has 0 unspecified atom stereocenters. The number of aliphatic hydroxyl groups excluding tert-OH is 4. The fourth-order valence-corrected chi connectivity index (χ4v) is 8.65. The maximum absolute atomic E-state index is 13.4. The van der Waals surface area contributed by atoms with Crippen molar-refractivity contribution in [2.45, 2.75) is 53.2 Å². The summed E-state index contributed by atoms with van der Waals surface area (Å²) in [6.07, 6.45) is 2.66. The van der Waals surface area contributed by atoms with Gasteiger partial charge in [0.25, 0.3) is 0 Å². The van der Waals surface area contributed by atoms with E-state index in [0.29, 0.717) is 142 Å². The van der Waals surface area contributed by atoms with E-state index in [-0.39, 0.29) is 43.4 Å². The van der Waals surface area contributed by atoms with E-state index < -0.39 is 0 Å². The van der Waals surface area contributed by atoms with E-state index in [1.165, 1.54) is 36.4 Å². The number of hydrogen-bond acceptors (Lipinski definition) is 19. The molecule has 0 atom stereocenters. The predicted octanol–water partition coefficient (Wildman–Crippen LogP) is 11.4. The molecule has 0 bridgehead atoms. The summed E-state index contributed by atoms with van der Waals surface area (Å²) in [6.45, 7) is 3.86. The van der Waals surface area contributed by atoms with Crippen LogP contribution in [0.3, 0.4) is 0 Å². The number of fused-ring (bicyclic) bond motifs is 2. The highest BCUT2D eigenvalue weighted by atomic mass is 16.5. The summed E-state index contributed by atoms with van der Waals surface area (Å²) in [7, 11) is 5.52. The number of aromatic hydroxyl groups is 2. The van der Waals surface area contributed by atoms with Gasteiger partial charge >= 0.3 is 0 Å². The van der Waals surface area contributed by atoms with Crippen LogP contribution < -0.4 is 33.8 Å². The molecule has 10 rings (SSSR count). The van der Waals surface area contributed by atoms with Gasteiger partial charge in [0.1, 0.15) is 79.1 Å². The summed E-state index contributed by atoms with van der Waals surface area (Å²) in [4.78, 5) is 58.1. The average molecular weight is 1240 g/mol. The largest absolute Gasteiger partial charge is 0.508 e. The van der Waals surface area contributed by atoms with Crippen LogP contribution >= 0.6 is 0 Å². The quantitative estimate of drug-likeness (QED) is 0.0242. The van der Waals surface area contributed by atoms with Crippen molar-refractivity contribution in [1.82, 2.24) is 4.90 Å². The maximum atomic E-state index is 13.4. The smallest absolute Gasteiger partial charge is 0.200 e. The van der Waals surface area contributed by atoms with Crippen molar-refractivity contribution in [1.29, 1.82) is 0 Å². The lowest BCUT2D eigenvalue weighted by molar-refractivity contribution is 0.110. The number of rotatable bonds is 24. The molecule has 0 spiro atoms. The van der Waals surface area contributed by atoms with Crippen LogP contribution in [-0.2, 0) is 46.2 Å². The zero-order valence-electron chi connectivity index (χ0n) is 50.4. The van der Waals surface area contributed by atoms with Gasteiger partial charge in [0.15, 0.2) is 35.4 Å². The molecule has 0 aliphatic heterocycles. The van der Waals surface area contributed by atoms with Gasteiger partial charge in [-0.3, -0.25) is 24.0 Å². The Bertz CT molecular complexity index is 4110. The molecule has 19 heteroatoms. The average Bonchev–Trinajstić information content (AvgIpc) is 0.830. The Morgan fingerprint density at radius 2 is 0.956 bits per heavy atom. The van der Waals surface area contributed by atoms with Gasteiger partial charge in [-0.15, -0.1) is 0 Å². The molecule has 19 nitrogen and oxygen atoms in total. The first kappa shape index (κ1) is 67.8. The molecule has 0 radical (unpaired) electrons. The molecule has 0 saturated carbocycles. The lowest BCUT2D eigenvalue weighted by Gasteiger charge is -2.14. The van der Waals surface area contributed by atoms with Gasteiger partial charge in [-0.1, -0.05) is 72.8 Å². The van der Waals surface area contributed by atoms with Crippen LogP contribution in [-0.4, -0.2) is 95.0 Å². The number of carbonyl (C=O) groups excluding carboxylic acids is 4. The summed E-state index contributed by atoms with van der Waals surface area (Å²) >= 11 is 0. The van der Waals surface area contributed by atoms with Crippen LogP contribution in [0.15, 0.2) is 185 Å². The van der Waals surface area contributed by atoms with Crippen molar-refractivity contribution in [3.8, 4) is 51.7 Å². The molecule has 6 N–H and O–H groups in total. The van der Waals surface area contributed by atoms with Crippen molar-refractivity contribution < 1.29 is 82.7 Å². The Morgan fingerprint density at radius 3 is 1.48 bits per heavy atom. The van der Waals surface area contributed by atoms with Crippen LogP contribution in [0.1, 0.15) is 85.9 Å². The Kier molecular flexibility index (Phi) is 25.5. The second kappa shape index (κ2) is 34.2. The third-order valence-corrected chi connectivity index (χ3v) is 13.6. The first-order chi connectivity index (χ1) is 44.1. The lowest BCUT2D eigenvalue weighted by atomic mass is 10.1. The molecule has 9 aromatic carbocycles. The van der Waals surface area contributed by atoms with Gasteiger partial charge in [-0.2, -0.15) is 0 Å². The van der Waals surface area contributed by atoms with E-state index in [2.05, 4.69) is 0 Å². The second-order valence-electron chi connectivity index (χ2n) is 20.6. The number of benzene rings is 9. The summed E-state index contributed by atoms with van der Waals surface area (Å²) in [5.41, 5.74) is 8.88. The monoisotopic (exact) mass is 1240 g/mol. The normalized spacial score (nSPS) is 10.6. The predicted molar refractivity (Wildman–Crippen MR) is 342 cm³/mol. The number of carbonyl (C=O) groups is 4. The van der Waals surface area contributed by atoms with Crippen LogP contribution in [0.4, 0.5) is 0 Å². The third kappa shape index (κ3) is 19.7. The van der Waals surface area contributed by atoms with E-state index in [1.807, 2.05) is 111 Å². The summed E-state index contributed by atoms with van der Waals surface area (Å²) < 4.78 is 40.9. The molecule has 91 heavy (non-hydrogen) atoms. The van der Waals surface area contributed by atoms with Gasteiger partial charge < -0.3 is 68.4 Å². The van der Waals surface area contributed by atoms with E-state index in [0.717, 1.165) is 45.5 Å². The maximum Gasteiger partial charge on any atom is 0.200 e. The molecular weight excluding hydrogens is 1170 g/mol. The van der Waals surface area contributed by atoms with Crippen molar-refractivity contribution in [2.75, 3.05) is 34.4 Å². The molecule has 0 aliphatic carbocycles. The van der Waals surface area contributed by atoms with E-state index in [9.17, 15) is 34.2 Å². The minimum atomic E-state index is -0.256. The first-order valence-corrected chi connectivity index (χ1v) is 28.4. The van der Waals surface area contributed by atoms with E-state index >= 15 is 0 Å². The molecule has 470 valence electrons. The third-order valence-electron chi connectivity index (χ3n) is 13.6. The van der Waals surface area contributed by atoms with Crippen molar-refractivity contribution in [3.63, 3.8) is 0 Å². The summed E-state index contributed by atoms with van der Waals surface area (Å²) in [5.74, 6) is 3.57. The highest BCUT2D eigenvalue weighted by molar-refractivity contribution is 5.93. The van der Waals surface area contributed by atoms with Gasteiger partial charge in [0.2, 0.25) is 5.43 Å². The Labute approximate surface area is 524 Å². The fourth-order valence-electron chi connectivity index (χ4n) is 8.65. The number of aryl methyl sites for hydroxylation is 1. The van der Waals surface area contributed by atoms with E-state index in [1.54, 1.807) is 61.7 Å². The van der Waals surface area contributed by atoms with Gasteiger partial charge in [-0.05, 0) is 151 Å².